The number of carbonyl (C=O) groups is 3. The average Bonchev–Trinajstić information content (AvgIpc) is 3.51. The van der Waals surface area contributed by atoms with Crippen molar-refractivity contribution in [3.63, 3.8) is 0 Å². The van der Waals surface area contributed by atoms with E-state index in [0.717, 1.165) is 18.4 Å². The van der Waals surface area contributed by atoms with Crippen molar-refractivity contribution in [3.8, 4) is 5.75 Å². The van der Waals surface area contributed by atoms with Crippen LogP contribution in [0.2, 0.25) is 0 Å². The maximum absolute atomic E-state index is 13.4. The Morgan fingerprint density at radius 3 is 2.59 bits per heavy atom. The summed E-state index contributed by atoms with van der Waals surface area (Å²) in [6.45, 7) is 0.886. The number of nitrogens with one attached hydrogen (secondary N) is 1. The molecule has 4 aliphatic rings. The summed E-state index contributed by atoms with van der Waals surface area (Å²) in [7, 11) is 1.57. The summed E-state index contributed by atoms with van der Waals surface area (Å²) < 4.78 is 16.0. The summed E-state index contributed by atoms with van der Waals surface area (Å²) in [4.78, 5) is 40.1. The summed E-state index contributed by atoms with van der Waals surface area (Å²) in [6.07, 6.45) is -0.494. The minimum Gasteiger partial charge on any atom is -0.497 e. The van der Waals surface area contributed by atoms with Crippen LogP contribution in [0.1, 0.15) is 37.7 Å². The van der Waals surface area contributed by atoms with Gasteiger partial charge in [0.25, 0.3) is 0 Å². The number of ether oxygens (including phenoxy) is 3. The van der Waals surface area contributed by atoms with Gasteiger partial charge in [-0.15, -0.1) is 0 Å². The van der Waals surface area contributed by atoms with E-state index in [1.54, 1.807) is 31.4 Å². The first-order valence-corrected chi connectivity index (χ1v) is 12.8. The summed E-state index contributed by atoms with van der Waals surface area (Å²) >= 11 is 0. The highest BCUT2D eigenvalue weighted by Crippen LogP contribution is 2.49. The zero-order valence-corrected chi connectivity index (χ0v) is 20.7. The van der Waals surface area contributed by atoms with E-state index in [1.807, 2.05) is 0 Å². The highest BCUT2D eigenvalue weighted by molar-refractivity contribution is 6.06. The Morgan fingerprint density at radius 1 is 1.14 bits per heavy atom. The summed E-state index contributed by atoms with van der Waals surface area (Å²) in [5.41, 5.74) is 3.64. The fraction of sp³-hybridized carbons (Fsp3) is 0.615. The van der Waals surface area contributed by atoms with Gasteiger partial charge >= 0.3 is 6.09 Å². The van der Waals surface area contributed by atoms with Gasteiger partial charge in [0, 0.05) is 30.6 Å². The third kappa shape index (κ3) is 5.07. The average molecular weight is 516 g/mol. The number of likely N-dealkylation sites (tertiary alicyclic amines) is 1. The van der Waals surface area contributed by atoms with Gasteiger partial charge in [0.05, 0.1) is 43.8 Å². The minimum absolute atomic E-state index is 0.0367. The number of rotatable bonds is 6. The molecular formula is C26H33N3O8. The molecule has 11 nitrogen and oxygen atoms in total. The molecule has 0 unspecified atom stereocenters. The normalized spacial score (nSPS) is 34.3. The number of benzene rings is 1. The van der Waals surface area contributed by atoms with Gasteiger partial charge in [-0.1, -0.05) is 12.1 Å². The predicted molar refractivity (Wildman–Crippen MR) is 129 cm³/mol. The first kappa shape index (κ1) is 25.6. The molecule has 2 saturated carbocycles. The molecule has 1 aromatic carbocycles. The van der Waals surface area contributed by atoms with Crippen molar-refractivity contribution in [1.82, 2.24) is 10.3 Å². The zero-order valence-electron chi connectivity index (χ0n) is 20.7. The van der Waals surface area contributed by atoms with E-state index in [1.165, 1.54) is 4.90 Å². The van der Waals surface area contributed by atoms with Gasteiger partial charge in [-0.3, -0.25) is 14.5 Å². The van der Waals surface area contributed by atoms with Crippen molar-refractivity contribution in [2.45, 2.75) is 57.0 Å². The number of imide groups is 1. The topological polar surface area (TPSA) is 147 Å². The summed E-state index contributed by atoms with van der Waals surface area (Å²) in [5, 5.41) is 25.7. The quantitative estimate of drug-likeness (QED) is 0.378. The fourth-order valence-electron chi connectivity index (χ4n) is 6.26. The second kappa shape index (κ2) is 10.8. The van der Waals surface area contributed by atoms with Gasteiger partial charge < -0.3 is 24.4 Å². The number of methoxy groups -OCH3 is 1. The lowest BCUT2D eigenvalue weighted by Gasteiger charge is -2.45. The molecule has 4 fully saturated rings. The van der Waals surface area contributed by atoms with E-state index in [4.69, 9.17) is 14.2 Å². The van der Waals surface area contributed by atoms with E-state index < -0.39 is 36.1 Å². The Balaban J connectivity index is 1.26. The van der Waals surface area contributed by atoms with Crippen LogP contribution in [0.3, 0.4) is 0 Å². The van der Waals surface area contributed by atoms with Crippen LogP contribution in [-0.4, -0.2) is 77.3 Å². The Labute approximate surface area is 214 Å². The van der Waals surface area contributed by atoms with Crippen molar-refractivity contribution < 1.29 is 38.8 Å². The number of carbonyl (C=O) groups excluding carboxylic acids is 3. The number of aliphatic hydroxyl groups is 2. The lowest BCUT2D eigenvalue weighted by Crippen LogP contribution is -2.55. The van der Waals surface area contributed by atoms with Crippen LogP contribution in [0.15, 0.2) is 29.4 Å². The van der Waals surface area contributed by atoms with Gasteiger partial charge in [0.2, 0.25) is 11.8 Å². The molecule has 5 rings (SSSR count). The number of nitrogens with zero attached hydrogens (tertiary/aromatic N) is 2. The second-order valence-electron chi connectivity index (χ2n) is 10.2. The smallest absolute Gasteiger partial charge is 0.428 e. The molecule has 200 valence electrons. The summed E-state index contributed by atoms with van der Waals surface area (Å²) in [5.74, 6) is -2.12. The van der Waals surface area contributed by atoms with Crippen LogP contribution < -0.4 is 10.2 Å². The number of hydrogen-bond acceptors (Lipinski definition) is 9. The molecule has 1 aromatic rings. The Hall–Kier alpha value is -3.02. The molecule has 37 heavy (non-hydrogen) atoms. The third-order valence-electron chi connectivity index (χ3n) is 8.10. The lowest BCUT2D eigenvalue weighted by molar-refractivity contribution is -0.143. The number of fused-ring (bicyclic) bond motifs is 3. The molecule has 0 radical (unpaired) electrons. The molecule has 7 atom stereocenters. The van der Waals surface area contributed by atoms with Gasteiger partial charge in [-0.2, -0.15) is 5.10 Å². The van der Waals surface area contributed by atoms with Crippen LogP contribution in [-0.2, 0) is 25.7 Å². The van der Waals surface area contributed by atoms with E-state index in [0.29, 0.717) is 30.9 Å². The molecule has 2 saturated heterocycles. The van der Waals surface area contributed by atoms with Crippen molar-refractivity contribution in [2.75, 3.05) is 20.3 Å². The van der Waals surface area contributed by atoms with Crippen LogP contribution in [0, 0.1) is 23.7 Å². The molecule has 11 heteroatoms. The molecule has 3 amide bonds. The number of hydrazone groups is 1. The monoisotopic (exact) mass is 515 g/mol. The summed E-state index contributed by atoms with van der Waals surface area (Å²) in [6, 6.07) is 7.09. The Morgan fingerprint density at radius 2 is 1.89 bits per heavy atom. The van der Waals surface area contributed by atoms with E-state index in [9.17, 15) is 24.6 Å². The number of hydrogen-bond donors (Lipinski definition) is 3. The van der Waals surface area contributed by atoms with Crippen molar-refractivity contribution in [1.29, 1.82) is 0 Å². The second-order valence-corrected chi connectivity index (χ2v) is 10.2. The van der Waals surface area contributed by atoms with E-state index >= 15 is 0 Å². The van der Waals surface area contributed by atoms with Gasteiger partial charge in [-0.25, -0.2) is 10.2 Å². The van der Waals surface area contributed by atoms with E-state index in [2.05, 4.69) is 10.5 Å². The van der Waals surface area contributed by atoms with Crippen molar-refractivity contribution in [2.24, 2.45) is 28.8 Å². The van der Waals surface area contributed by atoms with Crippen molar-refractivity contribution >= 4 is 23.6 Å². The maximum Gasteiger partial charge on any atom is 0.428 e. The van der Waals surface area contributed by atoms with Gasteiger partial charge in [-0.05, 0) is 43.4 Å². The zero-order chi connectivity index (χ0) is 26.1. The molecule has 0 spiro atoms. The number of aliphatic hydroxyl groups excluding tert-OH is 2. The van der Waals surface area contributed by atoms with Crippen molar-refractivity contribution in [3.05, 3.63) is 29.8 Å². The maximum atomic E-state index is 13.4. The molecule has 2 aliphatic heterocycles. The Bertz CT molecular complexity index is 1050. The van der Waals surface area contributed by atoms with Crippen LogP contribution in [0.5, 0.6) is 5.75 Å². The first-order chi connectivity index (χ1) is 17.9. The highest BCUT2D eigenvalue weighted by Gasteiger charge is 2.59. The molecule has 2 heterocycles. The largest absolute Gasteiger partial charge is 0.497 e. The van der Waals surface area contributed by atoms with Crippen LogP contribution in [0.25, 0.3) is 0 Å². The minimum atomic E-state index is -1.17. The predicted octanol–water partition coefficient (Wildman–Crippen LogP) is 1.21. The third-order valence-corrected chi connectivity index (χ3v) is 8.10. The van der Waals surface area contributed by atoms with Crippen LogP contribution in [0.4, 0.5) is 4.79 Å². The standard InChI is InChI=1S/C26H33N3O8/c1-35-15-6-4-14(5-7-15)13-37-26(34)28-27-19-11-20(30)23(31)21-17(19)8-9-18-22(21)25(33)29(24(18)32)12-16-3-2-10-36-16/h4-7,16-18,20-23,30-31H,2-3,8-13H2,1H3,(H,28,34)/t16-,17+,18+,20+,21-,22-,23+/m0/s1. The van der Waals surface area contributed by atoms with Crippen LogP contribution >= 0.6 is 0 Å². The molecule has 0 bridgehead atoms. The molecule has 3 N–H and O–H groups in total. The molecule has 2 aliphatic carbocycles. The fourth-order valence-corrected chi connectivity index (χ4v) is 6.26. The molecular weight excluding hydrogens is 482 g/mol. The highest BCUT2D eigenvalue weighted by atomic mass is 16.6. The first-order valence-electron chi connectivity index (χ1n) is 12.8. The number of amides is 3. The Kier molecular flexibility index (Phi) is 7.45. The van der Waals surface area contributed by atoms with E-state index in [-0.39, 0.29) is 43.4 Å². The molecule has 0 aromatic heterocycles. The van der Waals surface area contributed by atoms with Gasteiger partial charge in [0.1, 0.15) is 12.4 Å². The SMILES string of the molecule is COc1ccc(COC(=O)NN=C2C[C@@H](O)[C@@H](O)[C@@H]3[C@H]4C(=O)N(C[C@@H]5CCCO5)C(=O)[C@@H]4CC[C@H]23)cc1. The lowest BCUT2D eigenvalue weighted by atomic mass is 9.60. The van der Waals surface area contributed by atoms with Gasteiger partial charge in [0.15, 0.2) is 0 Å².